The smallest absolute Gasteiger partial charge is 0.346 e. The van der Waals surface area contributed by atoms with Crippen LogP contribution in [0, 0.1) is 6.92 Å². The summed E-state index contributed by atoms with van der Waals surface area (Å²) in [5.41, 5.74) is -4.10. The molecule has 94 valence electrons. The van der Waals surface area contributed by atoms with Crippen molar-refractivity contribution < 1.29 is 21.6 Å². The number of alkyl halides is 3. The SMILES string of the molecule is CCc1cnc(C)[nH]1.NS(=O)(=O)C(F)(F)F. The lowest BCUT2D eigenvalue weighted by atomic mass is 10.4. The quantitative estimate of drug-likeness (QED) is 0.790. The lowest BCUT2D eigenvalue weighted by molar-refractivity contribution is -0.0436. The van der Waals surface area contributed by atoms with E-state index < -0.39 is 15.5 Å². The Morgan fingerprint density at radius 1 is 1.50 bits per heavy atom. The topological polar surface area (TPSA) is 88.8 Å². The number of sulfonamides is 1. The Kier molecular flexibility index (Phi) is 4.94. The summed E-state index contributed by atoms with van der Waals surface area (Å²) in [4.78, 5) is 7.15. The molecule has 0 radical (unpaired) electrons. The van der Waals surface area contributed by atoms with Crippen LogP contribution < -0.4 is 5.14 Å². The second-order valence-corrected chi connectivity index (χ2v) is 4.39. The standard InChI is InChI=1S/C6H10N2.CH2F3NO2S/c1-3-6-4-7-5(2)8-6;2-1(3,4)8(5,6)7/h4H,3H2,1-2H3,(H,7,8);(H2,5,6,7). The molecule has 0 saturated carbocycles. The Labute approximate surface area is 90.9 Å². The van der Waals surface area contributed by atoms with Crippen LogP contribution in [0.15, 0.2) is 6.20 Å². The number of imidazole rings is 1. The summed E-state index contributed by atoms with van der Waals surface area (Å²) in [6.45, 7) is 4.06. The fourth-order valence-corrected chi connectivity index (χ4v) is 0.651. The summed E-state index contributed by atoms with van der Waals surface area (Å²) in [6.07, 6.45) is 2.91. The van der Waals surface area contributed by atoms with E-state index in [1.807, 2.05) is 13.1 Å². The predicted molar refractivity (Wildman–Crippen MR) is 51.9 cm³/mol. The maximum absolute atomic E-state index is 10.8. The Morgan fingerprint density at radius 3 is 2.06 bits per heavy atom. The first-order valence-electron chi connectivity index (χ1n) is 4.17. The molecule has 5 nitrogen and oxygen atoms in total. The molecule has 9 heteroatoms. The van der Waals surface area contributed by atoms with Gasteiger partial charge in [0.15, 0.2) is 0 Å². The zero-order valence-corrected chi connectivity index (χ0v) is 9.48. The van der Waals surface area contributed by atoms with Gasteiger partial charge in [0.25, 0.3) is 0 Å². The van der Waals surface area contributed by atoms with Crippen molar-refractivity contribution in [3.63, 3.8) is 0 Å². The monoisotopic (exact) mass is 259 g/mol. The van der Waals surface area contributed by atoms with E-state index in [1.165, 1.54) is 5.69 Å². The minimum absolute atomic E-state index is 1.00. The molecule has 1 aromatic rings. The van der Waals surface area contributed by atoms with Crippen LogP contribution >= 0.6 is 0 Å². The Balaban J connectivity index is 0.000000281. The Morgan fingerprint density at radius 2 is 1.94 bits per heavy atom. The third-order valence-corrected chi connectivity index (χ3v) is 2.10. The van der Waals surface area contributed by atoms with E-state index in [1.54, 1.807) is 0 Å². The van der Waals surface area contributed by atoms with Crippen LogP contribution in [0.5, 0.6) is 0 Å². The average molecular weight is 259 g/mol. The first-order chi connectivity index (χ1) is 7.08. The van der Waals surface area contributed by atoms with Gasteiger partial charge in [-0.2, -0.15) is 13.2 Å². The molecular weight excluding hydrogens is 247 g/mol. The molecule has 0 aromatic carbocycles. The summed E-state index contributed by atoms with van der Waals surface area (Å²) < 4.78 is 51.2. The fourth-order valence-electron chi connectivity index (χ4n) is 0.651. The predicted octanol–water partition coefficient (Wildman–Crippen LogP) is 1.08. The van der Waals surface area contributed by atoms with Crippen LogP contribution in [-0.2, 0) is 16.4 Å². The number of aromatic amines is 1. The number of H-pyrrole nitrogens is 1. The van der Waals surface area contributed by atoms with Crippen LogP contribution in [0.2, 0.25) is 0 Å². The third-order valence-electron chi connectivity index (χ3n) is 1.46. The number of nitrogens with zero attached hydrogens (tertiary/aromatic N) is 1. The second kappa shape index (κ2) is 5.30. The highest BCUT2D eigenvalue weighted by Gasteiger charge is 2.42. The van der Waals surface area contributed by atoms with Gasteiger partial charge in [-0.1, -0.05) is 6.92 Å². The fraction of sp³-hybridized carbons (Fsp3) is 0.571. The van der Waals surface area contributed by atoms with Crippen LogP contribution in [0.1, 0.15) is 18.4 Å². The molecule has 0 bridgehead atoms. The molecular formula is C7H12F3N3O2S. The third kappa shape index (κ3) is 5.12. The summed E-state index contributed by atoms with van der Waals surface area (Å²) in [5, 5.41) is 3.66. The number of rotatable bonds is 1. The summed E-state index contributed by atoms with van der Waals surface area (Å²) in [6, 6.07) is 0. The van der Waals surface area contributed by atoms with E-state index in [0.29, 0.717) is 0 Å². The lowest BCUT2D eigenvalue weighted by Gasteiger charge is -1.98. The number of primary sulfonamides is 1. The highest BCUT2D eigenvalue weighted by Crippen LogP contribution is 2.18. The van der Waals surface area contributed by atoms with E-state index in [2.05, 4.69) is 22.0 Å². The molecule has 16 heavy (non-hydrogen) atoms. The van der Waals surface area contributed by atoms with Gasteiger partial charge in [0.2, 0.25) is 0 Å². The van der Waals surface area contributed by atoms with Crippen molar-refractivity contribution in [2.45, 2.75) is 25.8 Å². The molecule has 0 amide bonds. The molecule has 1 aromatic heterocycles. The Hall–Kier alpha value is -1.09. The highest BCUT2D eigenvalue weighted by molar-refractivity contribution is 7.90. The minimum Gasteiger partial charge on any atom is -0.346 e. The maximum Gasteiger partial charge on any atom is 0.511 e. The van der Waals surface area contributed by atoms with E-state index >= 15 is 0 Å². The zero-order valence-electron chi connectivity index (χ0n) is 8.67. The van der Waals surface area contributed by atoms with Crippen molar-refractivity contribution in [1.29, 1.82) is 0 Å². The zero-order chi connectivity index (χ0) is 13.0. The maximum atomic E-state index is 10.8. The van der Waals surface area contributed by atoms with Gasteiger partial charge in [0, 0.05) is 11.9 Å². The van der Waals surface area contributed by atoms with Crippen molar-refractivity contribution in [2.24, 2.45) is 5.14 Å². The average Bonchev–Trinajstić information content (AvgIpc) is 2.48. The first-order valence-corrected chi connectivity index (χ1v) is 5.72. The van der Waals surface area contributed by atoms with Crippen molar-refractivity contribution >= 4 is 10.0 Å². The van der Waals surface area contributed by atoms with Crippen LogP contribution in [0.3, 0.4) is 0 Å². The highest BCUT2D eigenvalue weighted by atomic mass is 32.2. The number of aryl methyl sites for hydroxylation is 2. The normalized spacial score (nSPS) is 11.9. The van der Waals surface area contributed by atoms with Gasteiger partial charge in [-0.3, -0.25) is 0 Å². The number of aromatic nitrogens is 2. The molecule has 0 fully saturated rings. The van der Waals surface area contributed by atoms with E-state index in [-0.39, 0.29) is 0 Å². The van der Waals surface area contributed by atoms with Crippen LogP contribution in [0.4, 0.5) is 13.2 Å². The summed E-state index contributed by atoms with van der Waals surface area (Å²) >= 11 is 0. The molecule has 0 aliphatic heterocycles. The molecule has 1 rings (SSSR count). The number of nitrogens with one attached hydrogen (secondary N) is 1. The number of hydrogen-bond donors (Lipinski definition) is 2. The van der Waals surface area contributed by atoms with Gasteiger partial charge in [0.1, 0.15) is 5.82 Å². The minimum atomic E-state index is -5.34. The lowest BCUT2D eigenvalue weighted by Crippen LogP contribution is -2.30. The van der Waals surface area contributed by atoms with Gasteiger partial charge in [0.05, 0.1) is 0 Å². The van der Waals surface area contributed by atoms with Crippen molar-refractivity contribution in [3.05, 3.63) is 17.7 Å². The van der Waals surface area contributed by atoms with Gasteiger partial charge < -0.3 is 4.98 Å². The van der Waals surface area contributed by atoms with Gasteiger partial charge >= 0.3 is 15.5 Å². The van der Waals surface area contributed by atoms with Crippen LogP contribution in [0.25, 0.3) is 0 Å². The molecule has 0 saturated heterocycles. The number of nitrogens with two attached hydrogens (primary N) is 1. The summed E-state index contributed by atoms with van der Waals surface area (Å²) in [5.74, 6) is 1.00. The van der Waals surface area contributed by atoms with Gasteiger partial charge in [-0.15, -0.1) is 0 Å². The molecule has 0 aliphatic rings. The molecule has 0 aliphatic carbocycles. The largest absolute Gasteiger partial charge is 0.511 e. The van der Waals surface area contributed by atoms with Crippen molar-refractivity contribution in [2.75, 3.05) is 0 Å². The number of halogens is 3. The van der Waals surface area contributed by atoms with E-state index in [4.69, 9.17) is 0 Å². The first kappa shape index (κ1) is 14.9. The van der Waals surface area contributed by atoms with Crippen molar-refractivity contribution in [1.82, 2.24) is 9.97 Å². The number of hydrogen-bond acceptors (Lipinski definition) is 3. The summed E-state index contributed by atoms with van der Waals surface area (Å²) in [7, 11) is -5.34. The van der Waals surface area contributed by atoms with Crippen LogP contribution in [-0.4, -0.2) is 23.9 Å². The molecule has 1 heterocycles. The molecule has 0 unspecified atom stereocenters. The van der Waals surface area contributed by atoms with Crippen molar-refractivity contribution in [3.8, 4) is 0 Å². The second-order valence-electron chi connectivity index (χ2n) is 2.84. The van der Waals surface area contributed by atoms with E-state index in [0.717, 1.165) is 12.2 Å². The molecule has 0 atom stereocenters. The van der Waals surface area contributed by atoms with Gasteiger partial charge in [-0.25, -0.2) is 18.5 Å². The van der Waals surface area contributed by atoms with E-state index in [9.17, 15) is 21.6 Å². The molecule has 0 spiro atoms. The molecule has 3 N–H and O–H groups in total. The van der Waals surface area contributed by atoms with Gasteiger partial charge in [-0.05, 0) is 13.3 Å². The Bertz CT molecular complexity index is 424.